The lowest BCUT2D eigenvalue weighted by Gasteiger charge is -2.09. The van der Waals surface area contributed by atoms with E-state index < -0.39 is 0 Å². The molecular formula is C10H21NO2. The van der Waals surface area contributed by atoms with Crippen molar-refractivity contribution in [3.63, 3.8) is 0 Å². The van der Waals surface area contributed by atoms with Gasteiger partial charge in [0.15, 0.2) is 0 Å². The van der Waals surface area contributed by atoms with E-state index in [9.17, 15) is 4.79 Å². The Kier molecular flexibility index (Phi) is 7.94. The highest BCUT2D eigenvalue weighted by atomic mass is 16.5. The molecule has 1 unspecified atom stereocenters. The number of carbonyl (C=O) groups excluding carboxylic acids is 1. The number of hydrogen-bond acceptors (Lipinski definition) is 3. The van der Waals surface area contributed by atoms with E-state index in [1.807, 2.05) is 0 Å². The molecule has 0 amide bonds. The minimum absolute atomic E-state index is 0.193. The molecule has 0 aromatic carbocycles. The molecule has 0 heterocycles. The molecule has 2 N–H and O–H groups in total. The van der Waals surface area contributed by atoms with Crippen molar-refractivity contribution < 1.29 is 9.53 Å². The normalized spacial score (nSPS) is 12.8. The molecule has 0 fully saturated rings. The lowest BCUT2D eigenvalue weighted by molar-refractivity contribution is -0.120. The van der Waals surface area contributed by atoms with Gasteiger partial charge < -0.3 is 10.5 Å². The summed E-state index contributed by atoms with van der Waals surface area (Å²) < 4.78 is 4.89. The minimum atomic E-state index is -0.276. The highest BCUT2D eigenvalue weighted by Gasteiger charge is 2.11. The molecule has 3 nitrogen and oxygen atoms in total. The fourth-order valence-electron chi connectivity index (χ4n) is 1.14. The quantitative estimate of drug-likeness (QED) is 0.586. The van der Waals surface area contributed by atoms with Gasteiger partial charge in [-0.05, 0) is 19.3 Å². The summed E-state index contributed by atoms with van der Waals surface area (Å²) in [5.41, 5.74) is 5.69. The van der Waals surface area contributed by atoms with Crippen molar-refractivity contribution in [2.75, 3.05) is 13.7 Å². The third-order valence-electron chi connectivity index (χ3n) is 2.05. The summed E-state index contributed by atoms with van der Waals surface area (Å²) in [5, 5.41) is 0. The van der Waals surface area contributed by atoms with Gasteiger partial charge in [-0.3, -0.25) is 4.79 Å². The zero-order valence-electron chi connectivity index (χ0n) is 8.71. The van der Waals surface area contributed by atoms with Gasteiger partial charge in [-0.15, -0.1) is 0 Å². The lowest BCUT2D eigenvalue weighted by atomic mass is 10.0. The van der Waals surface area contributed by atoms with Crippen LogP contribution in [0, 0.1) is 0 Å². The molecule has 0 aromatic rings. The van der Waals surface area contributed by atoms with Crippen LogP contribution < -0.4 is 5.73 Å². The summed E-state index contributed by atoms with van der Waals surface area (Å²) in [7, 11) is 1.66. The van der Waals surface area contributed by atoms with Crippen molar-refractivity contribution in [3.05, 3.63) is 0 Å². The Balaban J connectivity index is 3.45. The molecule has 0 rings (SSSR count). The molecule has 78 valence electrons. The molecule has 3 heteroatoms. The zero-order valence-corrected chi connectivity index (χ0v) is 8.71. The van der Waals surface area contributed by atoms with Gasteiger partial charge in [-0.2, -0.15) is 0 Å². The lowest BCUT2D eigenvalue weighted by Crippen LogP contribution is -2.30. The average molecular weight is 187 g/mol. The molecule has 0 saturated carbocycles. The smallest absolute Gasteiger partial charge is 0.149 e. The molecule has 0 bridgehead atoms. The fourth-order valence-corrected chi connectivity index (χ4v) is 1.14. The first-order valence-electron chi connectivity index (χ1n) is 4.99. The Morgan fingerprint density at radius 2 is 2.15 bits per heavy atom. The Morgan fingerprint density at radius 1 is 1.46 bits per heavy atom. The van der Waals surface area contributed by atoms with Gasteiger partial charge in [0.05, 0.1) is 6.04 Å². The molecule has 0 aliphatic rings. The topological polar surface area (TPSA) is 52.3 Å². The van der Waals surface area contributed by atoms with Crippen molar-refractivity contribution >= 4 is 5.78 Å². The van der Waals surface area contributed by atoms with Gasteiger partial charge in [0.25, 0.3) is 0 Å². The van der Waals surface area contributed by atoms with Gasteiger partial charge in [0.1, 0.15) is 5.78 Å². The van der Waals surface area contributed by atoms with Crippen LogP contribution in [0.4, 0.5) is 0 Å². The number of nitrogens with two attached hydrogens (primary N) is 1. The standard InChI is InChI=1S/C10H21NO2/c1-3-4-7-10(12)9(11)6-5-8-13-2/h9H,3-8,11H2,1-2H3. The van der Waals surface area contributed by atoms with Gasteiger partial charge in [-0.25, -0.2) is 0 Å². The number of rotatable bonds is 8. The largest absolute Gasteiger partial charge is 0.385 e. The van der Waals surface area contributed by atoms with Crippen LogP contribution >= 0.6 is 0 Å². The molecule has 0 radical (unpaired) electrons. The highest BCUT2D eigenvalue weighted by molar-refractivity contribution is 5.83. The third-order valence-corrected chi connectivity index (χ3v) is 2.05. The van der Waals surface area contributed by atoms with E-state index in [2.05, 4.69) is 6.92 Å². The molecule has 0 aromatic heterocycles. The highest BCUT2D eigenvalue weighted by Crippen LogP contribution is 2.02. The van der Waals surface area contributed by atoms with Crippen LogP contribution in [0.25, 0.3) is 0 Å². The third kappa shape index (κ3) is 6.72. The first-order valence-corrected chi connectivity index (χ1v) is 4.99. The number of Topliss-reactive ketones (excluding diaryl/α,β-unsaturated/α-hetero) is 1. The molecule has 1 atom stereocenters. The Morgan fingerprint density at radius 3 is 2.69 bits per heavy atom. The fraction of sp³-hybridized carbons (Fsp3) is 0.900. The molecule has 13 heavy (non-hydrogen) atoms. The van der Waals surface area contributed by atoms with Crippen molar-refractivity contribution in [1.29, 1.82) is 0 Å². The van der Waals surface area contributed by atoms with Crippen LogP contribution in [-0.2, 0) is 9.53 Å². The summed E-state index contributed by atoms with van der Waals surface area (Å²) in [6, 6.07) is -0.276. The van der Waals surface area contributed by atoms with Gasteiger partial charge >= 0.3 is 0 Å². The first kappa shape index (κ1) is 12.6. The van der Waals surface area contributed by atoms with Crippen LogP contribution in [0.15, 0.2) is 0 Å². The van der Waals surface area contributed by atoms with E-state index in [-0.39, 0.29) is 11.8 Å². The number of unbranched alkanes of at least 4 members (excludes halogenated alkanes) is 1. The summed E-state index contributed by atoms with van der Waals surface area (Å²) in [6.07, 6.45) is 4.25. The van der Waals surface area contributed by atoms with Gasteiger partial charge in [0, 0.05) is 20.1 Å². The number of ether oxygens (including phenoxy) is 1. The van der Waals surface area contributed by atoms with E-state index in [4.69, 9.17) is 10.5 Å². The van der Waals surface area contributed by atoms with Gasteiger partial charge in [0.2, 0.25) is 0 Å². The average Bonchev–Trinajstić information content (AvgIpc) is 2.14. The predicted octanol–water partition coefficient (Wildman–Crippen LogP) is 1.50. The summed E-state index contributed by atoms with van der Waals surface area (Å²) in [4.78, 5) is 11.3. The van der Waals surface area contributed by atoms with Crippen molar-refractivity contribution in [1.82, 2.24) is 0 Å². The maximum absolute atomic E-state index is 11.3. The Labute approximate surface area is 80.6 Å². The van der Waals surface area contributed by atoms with Crippen LogP contribution in [0.5, 0.6) is 0 Å². The van der Waals surface area contributed by atoms with Crippen LogP contribution in [0.3, 0.4) is 0 Å². The van der Waals surface area contributed by atoms with Gasteiger partial charge in [-0.1, -0.05) is 13.3 Å². The molecule has 0 aliphatic carbocycles. The number of carbonyl (C=O) groups is 1. The van der Waals surface area contributed by atoms with Crippen LogP contribution in [0.1, 0.15) is 39.0 Å². The number of ketones is 1. The Hall–Kier alpha value is -0.410. The summed E-state index contributed by atoms with van der Waals surface area (Å²) in [5.74, 6) is 0.193. The van der Waals surface area contributed by atoms with E-state index in [0.29, 0.717) is 13.0 Å². The molecule has 0 spiro atoms. The van der Waals surface area contributed by atoms with Crippen molar-refractivity contribution in [2.24, 2.45) is 5.73 Å². The van der Waals surface area contributed by atoms with E-state index in [0.717, 1.165) is 25.7 Å². The zero-order chi connectivity index (χ0) is 10.1. The van der Waals surface area contributed by atoms with E-state index in [1.54, 1.807) is 7.11 Å². The summed E-state index contributed by atoms with van der Waals surface area (Å²) in [6.45, 7) is 2.76. The van der Waals surface area contributed by atoms with Crippen molar-refractivity contribution in [3.8, 4) is 0 Å². The number of hydrogen-bond donors (Lipinski definition) is 1. The van der Waals surface area contributed by atoms with Crippen LogP contribution in [0.2, 0.25) is 0 Å². The van der Waals surface area contributed by atoms with E-state index >= 15 is 0 Å². The maximum Gasteiger partial charge on any atom is 0.149 e. The SMILES string of the molecule is CCCCC(=O)C(N)CCCOC. The summed E-state index contributed by atoms with van der Waals surface area (Å²) >= 11 is 0. The van der Waals surface area contributed by atoms with Crippen LogP contribution in [-0.4, -0.2) is 25.5 Å². The second-order valence-corrected chi connectivity index (χ2v) is 3.31. The molecular weight excluding hydrogens is 166 g/mol. The van der Waals surface area contributed by atoms with Crippen molar-refractivity contribution in [2.45, 2.75) is 45.1 Å². The minimum Gasteiger partial charge on any atom is -0.385 e. The molecule has 0 aliphatic heterocycles. The predicted molar refractivity (Wildman–Crippen MR) is 53.6 cm³/mol. The number of methoxy groups -OCH3 is 1. The first-order chi connectivity index (χ1) is 6.22. The van der Waals surface area contributed by atoms with E-state index in [1.165, 1.54) is 0 Å². The monoisotopic (exact) mass is 187 g/mol. The maximum atomic E-state index is 11.3. The second kappa shape index (κ2) is 8.20. The molecule has 0 saturated heterocycles. The second-order valence-electron chi connectivity index (χ2n) is 3.31. The Bertz CT molecular complexity index is 137.